The molecule has 24 heavy (non-hydrogen) atoms. The number of hydrogen-bond acceptors (Lipinski definition) is 4. The molecule has 4 rings (SSSR count). The number of benzene rings is 1. The van der Waals surface area contributed by atoms with Crippen LogP contribution in [0.4, 0.5) is 5.69 Å². The molecule has 3 heterocycles. The lowest BCUT2D eigenvalue weighted by molar-refractivity contribution is -0.117. The highest BCUT2D eigenvalue weighted by Crippen LogP contribution is 2.30. The second-order valence-corrected chi connectivity index (χ2v) is 7.20. The lowest BCUT2D eigenvalue weighted by Crippen LogP contribution is -2.40. The van der Waals surface area contributed by atoms with Crippen molar-refractivity contribution in [3.05, 3.63) is 54.2 Å². The van der Waals surface area contributed by atoms with Crippen LogP contribution in [0, 0.1) is 0 Å². The standard InChI is InChI=1S/C18H18N4OS/c1-13(24-18-20-19-16-10-4-5-11-22(16)18)17(23)21-12-6-8-14-7-2-3-9-15(14)21/h2-5,7,9-11,13H,6,8,12H2,1H3. The average molecular weight is 338 g/mol. The predicted octanol–water partition coefficient (Wildman–Crippen LogP) is 3.19. The zero-order valence-corrected chi connectivity index (χ0v) is 14.2. The van der Waals surface area contributed by atoms with E-state index in [4.69, 9.17) is 0 Å². The topological polar surface area (TPSA) is 50.5 Å². The van der Waals surface area contributed by atoms with Crippen LogP contribution in [0.3, 0.4) is 0 Å². The number of pyridine rings is 1. The summed E-state index contributed by atoms with van der Waals surface area (Å²) in [4.78, 5) is 14.9. The van der Waals surface area contributed by atoms with Crippen LogP contribution in [0.2, 0.25) is 0 Å². The number of rotatable bonds is 3. The lowest BCUT2D eigenvalue weighted by Gasteiger charge is -2.31. The van der Waals surface area contributed by atoms with Crippen molar-refractivity contribution < 1.29 is 4.79 Å². The fourth-order valence-electron chi connectivity index (χ4n) is 3.09. The molecule has 1 aliphatic rings. The summed E-state index contributed by atoms with van der Waals surface area (Å²) in [5.74, 6) is 0.125. The number of hydrogen-bond donors (Lipinski definition) is 0. The lowest BCUT2D eigenvalue weighted by atomic mass is 10.0. The van der Waals surface area contributed by atoms with Gasteiger partial charge in [0.15, 0.2) is 10.8 Å². The number of amides is 1. The maximum absolute atomic E-state index is 13.0. The second kappa shape index (κ2) is 6.28. The highest BCUT2D eigenvalue weighted by atomic mass is 32.2. The molecule has 0 saturated heterocycles. The van der Waals surface area contributed by atoms with E-state index in [1.165, 1.54) is 17.3 Å². The van der Waals surface area contributed by atoms with Crippen LogP contribution in [0.25, 0.3) is 5.65 Å². The first kappa shape index (κ1) is 15.2. The summed E-state index contributed by atoms with van der Waals surface area (Å²) in [6, 6.07) is 14.0. The Balaban J connectivity index is 1.57. The Hall–Kier alpha value is -2.34. The van der Waals surface area contributed by atoms with Gasteiger partial charge in [-0.1, -0.05) is 36.0 Å². The second-order valence-electron chi connectivity index (χ2n) is 5.89. The normalized spacial score (nSPS) is 15.3. The smallest absolute Gasteiger partial charge is 0.240 e. The van der Waals surface area contributed by atoms with E-state index in [1.54, 1.807) is 0 Å². The molecule has 0 radical (unpaired) electrons. The van der Waals surface area contributed by atoms with Crippen LogP contribution in [-0.2, 0) is 11.2 Å². The van der Waals surface area contributed by atoms with Crippen LogP contribution < -0.4 is 4.90 Å². The van der Waals surface area contributed by atoms with Crippen LogP contribution in [0.1, 0.15) is 18.9 Å². The molecule has 0 spiro atoms. The molecule has 1 atom stereocenters. The van der Waals surface area contributed by atoms with E-state index in [2.05, 4.69) is 16.3 Å². The number of fused-ring (bicyclic) bond motifs is 2. The number of carbonyl (C=O) groups excluding carboxylic acids is 1. The molecule has 0 bridgehead atoms. The average Bonchev–Trinajstić information content (AvgIpc) is 3.03. The van der Waals surface area contributed by atoms with Crippen LogP contribution in [-0.4, -0.2) is 32.3 Å². The minimum atomic E-state index is -0.219. The fourth-order valence-corrected chi connectivity index (χ4v) is 3.99. The van der Waals surface area contributed by atoms with Crippen molar-refractivity contribution in [3.8, 4) is 0 Å². The van der Waals surface area contributed by atoms with Crippen molar-refractivity contribution in [2.24, 2.45) is 0 Å². The van der Waals surface area contributed by atoms with Gasteiger partial charge in [-0.3, -0.25) is 9.20 Å². The molecule has 0 fully saturated rings. The largest absolute Gasteiger partial charge is 0.311 e. The van der Waals surface area contributed by atoms with Gasteiger partial charge in [0.2, 0.25) is 5.91 Å². The Bertz CT molecular complexity index is 891. The number of anilines is 1. The fraction of sp³-hybridized carbons (Fsp3) is 0.278. The summed E-state index contributed by atoms with van der Waals surface area (Å²) in [7, 11) is 0. The third kappa shape index (κ3) is 2.67. The SMILES string of the molecule is CC(Sc1nnc2ccccn12)C(=O)N1CCCc2ccccc21. The van der Waals surface area contributed by atoms with Crippen molar-refractivity contribution in [1.29, 1.82) is 0 Å². The minimum Gasteiger partial charge on any atom is -0.311 e. The molecular weight excluding hydrogens is 320 g/mol. The molecule has 122 valence electrons. The Morgan fingerprint density at radius 1 is 1.17 bits per heavy atom. The molecule has 5 nitrogen and oxygen atoms in total. The van der Waals surface area contributed by atoms with E-state index in [9.17, 15) is 4.79 Å². The van der Waals surface area contributed by atoms with Gasteiger partial charge in [-0.05, 0) is 43.5 Å². The van der Waals surface area contributed by atoms with Crippen molar-refractivity contribution in [2.45, 2.75) is 30.2 Å². The van der Waals surface area contributed by atoms with Crippen molar-refractivity contribution in [2.75, 3.05) is 11.4 Å². The van der Waals surface area contributed by atoms with Gasteiger partial charge in [0, 0.05) is 18.4 Å². The van der Waals surface area contributed by atoms with Crippen LogP contribution in [0.15, 0.2) is 53.8 Å². The molecular formula is C18H18N4OS. The van der Waals surface area contributed by atoms with Gasteiger partial charge in [0.25, 0.3) is 0 Å². The van der Waals surface area contributed by atoms with E-state index < -0.39 is 0 Å². The Labute approximate surface area is 144 Å². The van der Waals surface area contributed by atoms with Crippen molar-refractivity contribution in [1.82, 2.24) is 14.6 Å². The van der Waals surface area contributed by atoms with Gasteiger partial charge in [0.1, 0.15) is 0 Å². The number of para-hydroxylation sites is 1. The number of aromatic nitrogens is 3. The third-order valence-corrected chi connectivity index (χ3v) is 5.33. The van der Waals surface area contributed by atoms with E-state index in [0.717, 1.165) is 35.9 Å². The first-order valence-electron chi connectivity index (χ1n) is 8.10. The van der Waals surface area contributed by atoms with Crippen LogP contribution in [0.5, 0.6) is 0 Å². The summed E-state index contributed by atoms with van der Waals surface area (Å²) in [5, 5.41) is 8.89. The van der Waals surface area contributed by atoms with Crippen molar-refractivity contribution >= 4 is 29.0 Å². The zero-order valence-electron chi connectivity index (χ0n) is 13.4. The van der Waals surface area contributed by atoms with Crippen molar-refractivity contribution in [3.63, 3.8) is 0 Å². The molecule has 0 aliphatic carbocycles. The Morgan fingerprint density at radius 2 is 2.00 bits per heavy atom. The summed E-state index contributed by atoms with van der Waals surface area (Å²) in [6.45, 7) is 2.72. The summed E-state index contributed by atoms with van der Waals surface area (Å²) >= 11 is 1.45. The highest BCUT2D eigenvalue weighted by Gasteiger charge is 2.27. The number of carbonyl (C=O) groups is 1. The van der Waals surface area contributed by atoms with E-state index in [1.807, 2.05) is 58.8 Å². The van der Waals surface area contributed by atoms with Gasteiger partial charge >= 0.3 is 0 Å². The summed E-state index contributed by atoms with van der Waals surface area (Å²) < 4.78 is 1.92. The van der Waals surface area contributed by atoms with Gasteiger partial charge < -0.3 is 4.90 Å². The molecule has 2 aromatic heterocycles. The zero-order chi connectivity index (χ0) is 16.5. The number of thioether (sulfide) groups is 1. The van der Waals surface area contributed by atoms with Gasteiger partial charge in [0.05, 0.1) is 5.25 Å². The van der Waals surface area contributed by atoms with E-state index >= 15 is 0 Å². The van der Waals surface area contributed by atoms with Gasteiger partial charge in [-0.25, -0.2) is 0 Å². The third-order valence-electron chi connectivity index (χ3n) is 4.29. The molecule has 1 aromatic carbocycles. The predicted molar refractivity (Wildman–Crippen MR) is 95.4 cm³/mol. The first-order valence-corrected chi connectivity index (χ1v) is 8.98. The first-order chi connectivity index (χ1) is 11.7. The Kier molecular flexibility index (Phi) is 3.98. The molecule has 6 heteroatoms. The van der Waals surface area contributed by atoms with Gasteiger partial charge in [-0.15, -0.1) is 10.2 Å². The quantitative estimate of drug-likeness (QED) is 0.688. The Morgan fingerprint density at radius 3 is 2.92 bits per heavy atom. The van der Waals surface area contributed by atoms with Gasteiger partial charge in [-0.2, -0.15) is 0 Å². The maximum Gasteiger partial charge on any atom is 0.240 e. The van der Waals surface area contributed by atoms with E-state index in [-0.39, 0.29) is 11.2 Å². The minimum absolute atomic E-state index is 0.125. The molecule has 1 aliphatic heterocycles. The number of aryl methyl sites for hydroxylation is 1. The molecule has 0 saturated carbocycles. The maximum atomic E-state index is 13.0. The molecule has 1 unspecified atom stereocenters. The number of nitrogens with zero attached hydrogens (tertiary/aromatic N) is 4. The summed E-state index contributed by atoms with van der Waals surface area (Å²) in [6.07, 6.45) is 3.97. The monoisotopic (exact) mass is 338 g/mol. The summed E-state index contributed by atoms with van der Waals surface area (Å²) in [5.41, 5.74) is 3.09. The molecule has 1 amide bonds. The van der Waals surface area contributed by atoms with E-state index in [0.29, 0.717) is 0 Å². The molecule has 3 aromatic rings. The highest BCUT2D eigenvalue weighted by molar-refractivity contribution is 8.00. The van der Waals surface area contributed by atoms with Crippen LogP contribution >= 0.6 is 11.8 Å². The molecule has 0 N–H and O–H groups in total.